The number of carbonyl (C=O) groups is 2. The minimum Gasteiger partial charge on any atom is -0.508 e. The first-order valence-corrected chi connectivity index (χ1v) is 10.7. The molecular formula is C27H25NO6. The van der Waals surface area contributed by atoms with E-state index in [9.17, 15) is 19.8 Å². The van der Waals surface area contributed by atoms with Gasteiger partial charge in [-0.2, -0.15) is 0 Å². The van der Waals surface area contributed by atoms with Gasteiger partial charge in [-0.3, -0.25) is 14.5 Å². The van der Waals surface area contributed by atoms with E-state index in [1.54, 1.807) is 36.4 Å². The van der Waals surface area contributed by atoms with Crippen LogP contribution in [0.3, 0.4) is 0 Å². The zero-order chi connectivity index (χ0) is 24.6. The van der Waals surface area contributed by atoms with Crippen molar-refractivity contribution in [3.05, 3.63) is 88.5 Å². The van der Waals surface area contributed by atoms with Crippen LogP contribution in [0.4, 0.5) is 5.69 Å². The van der Waals surface area contributed by atoms with Gasteiger partial charge in [0.15, 0.2) is 0 Å². The summed E-state index contributed by atoms with van der Waals surface area (Å²) in [5.74, 6) is -1.38. The molecule has 7 nitrogen and oxygen atoms in total. The number of phenolic OH excluding ortho intramolecular Hbond substituents is 1. The molecule has 1 aliphatic heterocycles. The van der Waals surface area contributed by atoms with Gasteiger partial charge in [0.25, 0.3) is 11.7 Å². The topological polar surface area (TPSA) is 96.3 Å². The van der Waals surface area contributed by atoms with Crippen LogP contribution >= 0.6 is 0 Å². The number of aromatic hydroxyl groups is 1. The maximum Gasteiger partial charge on any atom is 0.300 e. The van der Waals surface area contributed by atoms with Gasteiger partial charge in [0.2, 0.25) is 0 Å². The van der Waals surface area contributed by atoms with Gasteiger partial charge in [-0.05, 0) is 66.9 Å². The second-order valence-electron chi connectivity index (χ2n) is 8.07. The standard InChI is InChI=1S/C27H25NO6/c1-15-8-11-18(14-16(15)2)28-24(17-9-12-19(29)13-10-17)23(26(31)27(28)32)25(30)22-20(33-3)6-5-7-21(22)34-4/h5-14,24,29-30H,1-4H3/b25-23+. The Labute approximate surface area is 197 Å². The summed E-state index contributed by atoms with van der Waals surface area (Å²) in [4.78, 5) is 28.1. The largest absolute Gasteiger partial charge is 0.508 e. The first kappa shape index (κ1) is 22.9. The Morgan fingerprint density at radius 3 is 2.06 bits per heavy atom. The summed E-state index contributed by atoms with van der Waals surface area (Å²) < 4.78 is 10.8. The van der Waals surface area contributed by atoms with E-state index in [1.165, 1.54) is 31.3 Å². The number of ether oxygens (including phenoxy) is 2. The van der Waals surface area contributed by atoms with Crippen molar-refractivity contribution in [2.75, 3.05) is 19.1 Å². The van der Waals surface area contributed by atoms with E-state index in [0.29, 0.717) is 22.7 Å². The van der Waals surface area contributed by atoms with E-state index < -0.39 is 23.5 Å². The van der Waals surface area contributed by atoms with Crippen LogP contribution in [-0.2, 0) is 9.59 Å². The van der Waals surface area contributed by atoms with Crippen molar-refractivity contribution in [1.82, 2.24) is 0 Å². The molecule has 3 aromatic carbocycles. The monoisotopic (exact) mass is 459 g/mol. The number of Topliss-reactive ketones (excluding diaryl/α,β-unsaturated/α-hetero) is 1. The van der Waals surface area contributed by atoms with Gasteiger partial charge in [0.05, 0.1) is 25.8 Å². The molecule has 34 heavy (non-hydrogen) atoms. The molecule has 0 aliphatic carbocycles. The Hall–Kier alpha value is -4.26. The van der Waals surface area contributed by atoms with Crippen LogP contribution in [0, 0.1) is 13.8 Å². The van der Waals surface area contributed by atoms with Crippen molar-refractivity contribution < 1.29 is 29.3 Å². The van der Waals surface area contributed by atoms with Crippen LogP contribution in [0.15, 0.2) is 66.2 Å². The molecule has 0 aromatic heterocycles. The molecule has 4 rings (SSSR count). The van der Waals surface area contributed by atoms with E-state index >= 15 is 0 Å². The third-order valence-corrected chi connectivity index (χ3v) is 6.09. The molecule has 174 valence electrons. The predicted molar refractivity (Wildman–Crippen MR) is 128 cm³/mol. The van der Waals surface area contributed by atoms with Crippen LogP contribution in [0.1, 0.15) is 28.3 Å². The fourth-order valence-corrected chi connectivity index (χ4v) is 4.17. The smallest absolute Gasteiger partial charge is 0.300 e. The van der Waals surface area contributed by atoms with Crippen molar-refractivity contribution in [2.24, 2.45) is 0 Å². The molecule has 1 atom stereocenters. The number of phenols is 1. The van der Waals surface area contributed by atoms with Gasteiger partial charge in [-0.15, -0.1) is 0 Å². The third kappa shape index (κ3) is 3.75. The molecule has 7 heteroatoms. The molecule has 1 amide bonds. The van der Waals surface area contributed by atoms with E-state index in [-0.39, 0.29) is 16.9 Å². The first-order valence-electron chi connectivity index (χ1n) is 10.7. The molecule has 0 spiro atoms. The normalized spacial score (nSPS) is 17.2. The number of aliphatic hydroxyl groups excluding tert-OH is 1. The molecular weight excluding hydrogens is 434 g/mol. The van der Waals surface area contributed by atoms with Crippen LogP contribution in [0.5, 0.6) is 17.2 Å². The Balaban J connectivity index is 2.01. The summed E-state index contributed by atoms with van der Waals surface area (Å²) >= 11 is 0. The predicted octanol–water partition coefficient (Wildman–Crippen LogP) is 4.65. The molecule has 0 radical (unpaired) electrons. The van der Waals surface area contributed by atoms with Gasteiger partial charge in [-0.1, -0.05) is 24.3 Å². The minimum absolute atomic E-state index is 0.0401. The number of anilines is 1. The second-order valence-corrected chi connectivity index (χ2v) is 8.07. The number of nitrogens with zero attached hydrogens (tertiary/aromatic N) is 1. The van der Waals surface area contributed by atoms with Crippen LogP contribution < -0.4 is 14.4 Å². The average molecular weight is 459 g/mol. The molecule has 1 heterocycles. The Morgan fingerprint density at radius 1 is 0.882 bits per heavy atom. The zero-order valence-corrected chi connectivity index (χ0v) is 19.3. The highest BCUT2D eigenvalue weighted by atomic mass is 16.5. The van der Waals surface area contributed by atoms with E-state index in [4.69, 9.17) is 9.47 Å². The van der Waals surface area contributed by atoms with Crippen molar-refractivity contribution in [1.29, 1.82) is 0 Å². The van der Waals surface area contributed by atoms with Crippen LogP contribution in [0.2, 0.25) is 0 Å². The van der Waals surface area contributed by atoms with Crippen molar-refractivity contribution >= 4 is 23.1 Å². The quantitative estimate of drug-likeness (QED) is 0.328. The minimum atomic E-state index is -0.933. The number of aryl methyl sites for hydroxylation is 2. The number of amides is 1. The summed E-state index contributed by atoms with van der Waals surface area (Å²) in [6, 6.07) is 15.7. The van der Waals surface area contributed by atoms with Gasteiger partial charge < -0.3 is 19.7 Å². The number of aliphatic hydroxyl groups is 1. The van der Waals surface area contributed by atoms with Gasteiger partial charge in [-0.25, -0.2) is 0 Å². The number of ketones is 1. The SMILES string of the molecule is COc1cccc(OC)c1/C(O)=C1\C(=O)C(=O)N(c2ccc(C)c(C)c2)C1c1ccc(O)cc1. The van der Waals surface area contributed by atoms with Crippen LogP contribution in [-0.4, -0.2) is 36.1 Å². The van der Waals surface area contributed by atoms with E-state index in [0.717, 1.165) is 11.1 Å². The van der Waals surface area contributed by atoms with Crippen LogP contribution in [0.25, 0.3) is 5.76 Å². The summed E-state index contributed by atoms with van der Waals surface area (Å²) in [6.45, 7) is 3.88. The van der Waals surface area contributed by atoms with E-state index in [2.05, 4.69) is 0 Å². The molecule has 1 unspecified atom stereocenters. The third-order valence-electron chi connectivity index (χ3n) is 6.09. The number of benzene rings is 3. The maximum atomic E-state index is 13.4. The first-order chi connectivity index (χ1) is 16.3. The van der Waals surface area contributed by atoms with Gasteiger partial charge in [0.1, 0.15) is 28.6 Å². The Morgan fingerprint density at radius 2 is 1.50 bits per heavy atom. The van der Waals surface area contributed by atoms with E-state index in [1.807, 2.05) is 26.0 Å². The number of rotatable bonds is 5. The molecule has 0 bridgehead atoms. The highest BCUT2D eigenvalue weighted by molar-refractivity contribution is 6.51. The average Bonchev–Trinajstić information content (AvgIpc) is 3.10. The fraction of sp³-hybridized carbons (Fsp3) is 0.185. The fourth-order valence-electron chi connectivity index (χ4n) is 4.17. The van der Waals surface area contributed by atoms with Crippen molar-refractivity contribution in [3.8, 4) is 17.2 Å². The summed E-state index contributed by atoms with van der Waals surface area (Å²) in [5, 5.41) is 21.3. The van der Waals surface area contributed by atoms with Crippen molar-refractivity contribution in [2.45, 2.75) is 19.9 Å². The second kappa shape index (κ2) is 8.94. The Kier molecular flexibility index (Phi) is 6.03. The highest BCUT2D eigenvalue weighted by Crippen LogP contribution is 2.45. The maximum absolute atomic E-state index is 13.4. The molecule has 1 aliphatic rings. The van der Waals surface area contributed by atoms with Gasteiger partial charge >= 0.3 is 0 Å². The molecule has 1 saturated heterocycles. The summed E-state index contributed by atoms with van der Waals surface area (Å²) in [5.41, 5.74) is 3.14. The zero-order valence-electron chi connectivity index (χ0n) is 19.3. The van der Waals surface area contributed by atoms with Gasteiger partial charge in [0, 0.05) is 5.69 Å². The lowest BCUT2D eigenvalue weighted by atomic mass is 9.94. The van der Waals surface area contributed by atoms with Crippen molar-refractivity contribution in [3.63, 3.8) is 0 Å². The lowest BCUT2D eigenvalue weighted by Gasteiger charge is -2.26. The summed E-state index contributed by atoms with van der Waals surface area (Å²) in [7, 11) is 2.88. The number of hydrogen-bond acceptors (Lipinski definition) is 6. The lowest BCUT2D eigenvalue weighted by Crippen LogP contribution is -2.29. The molecule has 3 aromatic rings. The molecule has 1 fully saturated rings. The highest BCUT2D eigenvalue weighted by Gasteiger charge is 2.47. The Bertz CT molecular complexity index is 1290. The number of hydrogen-bond donors (Lipinski definition) is 2. The number of methoxy groups -OCH3 is 2. The molecule has 2 N–H and O–H groups in total. The number of carbonyl (C=O) groups excluding carboxylic acids is 2. The molecule has 0 saturated carbocycles. The lowest BCUT2D eigenvalue weighted by molar-refractivity contribution is -0.132. The summed E-state index contributed by atoms with van der Waals surface area (Å²) in [6.07, 6.45) is 0.